The zero-order valence-corrected chi connectivity index (χ0v) is 16.2. The summed E-state index contributed by atoms with van der Waals surface area (Å²) in [7, 11) is 0. The van der Waals surface area contributed by atoms with E-state index in [1.165, 1.54) is 0 Å². The highest BCUT2D eigenvalue weighted by Gasteiger charge is 2.18. The third-order valence-electron chi connectivity index (χ3n) is 4.73. The predicted octanol–water partition coefficient (Wildman–Crippen LogP) is 1.74. The number of aliphatic hydroxyl groups is 1. The summed E-state index contributed by atoms with van der Waals surface area (Å²) in [5, 5.41) is 19.0. The van der Waals surface area contributed by atoms with Crippen molar-refractivity contribution in [2.24, 2.45) is 0 Å². The van der Waals surface area contributed by atoms with Gasteiger partial charge in [0.05, 0.1) is 25.9 Å². The van der Waals surface area contributed by atoms with E-state index in [0.717, 1.165) is 30.0 Å². The fourth-order valence-electron chi connectivity index (χ4n) is 3.19. The number of anilines is 2. The highest BCUT2D eigenvalue weighted by molar-refractivity contribution is 5.89. The van der Waals surface area contributed by atoms with E-state index in [1.807, 2.05) is 35.0 Å². The van der Waals surface area contributed by atoms with Gasteiger partial charge in [-0.2, -0.15) is 0 Å². The summed E-state index contributed by atoms with van der Waals surface area (Å²) in [6, 6.07) is 10.6. The molecule has 9 heteroatoms. The number of hydrogen-bond donors (Lipinski definition) is 3. The van der Waals surface area contributed by atoms with Gasteiger partial charge < -0.3 is 25.4 Å². The Labute approximate surface area is 168 Å². The number of morpholine rings is 1. The second-order valence-electron chi connectivity index (χ2n) is 6.96. The van der Waals surface area contributed by atoms with Crippen molar-refractivity contribution in [1.82, 2.24) is 19.9 Å². The third-order valence-corrected chi connectivity index (χ3v) is 4.73. The minimum Gasteiger partial charge on any atom is -0.394 e. The molecule has 3 N–H and O–H groups in total. The molecule has 29 heavy (non-hydrogen) atoms. The molecule has 1 aliphatic rings. The number of urea groups is 1. The number of aromatic nitrogens is 3. The van der Waals surface area contributed by atoms with Crippen LogP contribution in [-0.4, -0.2) is 64.7 Å². The molecule has 1 fully saturated rings. The molecule has 1 aromatic carbocycles. The molecule has 152 valence electrons. The molecule has 1 atom stereocenters. The number of nitrogens with zero attached hydrogens (tertiary/aromatic N) is 4. The van der Waals surface area contributed by atoms with Gasteiger partial charge in [0.1, 0.15) is 5.52 Å². The molecular weight excluding hydrogens is 372 g/mol. The summed E-state index contributed by atoms with van der Waals surface area (Å²) in [5.74, 6) is 1.50. The molecule has 0 unspecified atom stereocenters. The smallest absolute Gasteiger partial charge is 0.319 e. The summed E-state index contributed by atoms with van der Waals surface area (Å²) in [6.07, 6.45) is 1.91. The first-order chi connectivity index (χ1) is 14.1. The molecule has 2 amide bonds. The number of aliphatic hydroxyl groups excluding tert-OH is 1. The zero-order chi connectivity index (χ0) is 20.2. The van der Waals surface area contributed by atoms with Gasteiger partial charge in [-0.05, 0) is 43.3 Å². The number of benzene rings is 1. The van der Waals surface area contributed by atoms with E-state index >= 15 is 0 Å². The van der Waals surface area contributed by atoms with Crippen LogP contribution in [0.1, 0.15) is 6.92 Å². The minimum atomic E-state index is -0.362. The molecular formula is C20H24N6O3. The maximum atomic E-state index is 11.9. The molecule has 9 nitrogen and oxygen atoms in total. The molecule has 0 spiro atoms. The van der Waals surface area contributed by atoms with Gasteiger partial charge in [0, 0.05) is 30.5 Å². The first kappa shape index (κ1) is 19.2. The molecule has 1 aliphatic heterocycles. The minimum absolute atomic E-state index is 0.114. The zero-order valence-electron chi connectivity index (χ0n) is 16.2. The Morgan fingerprint density at radius 3 is 2.72 bits per heavy atom. The van der Waals surface area contributed by atoms with Crippen molar-refractivity contribution in [2.45, 2.75) is 13.0 Å². The number of carbonyl (C=O) groups excluding carboxylic acids is 1. The van der Waals surface area contributed by atoms with Gasteiger partial charge in [-0.25, -0.2) is 14.3 Å². The first-order valence-corrected chi connectivity index (χ1v) is 9.61. The molecule has 3 aromatic rings. The van der Waals surface area contributed by atoms with Gasteiger partial charge in [-0.15, -0.1) is 5.10 Å². The van der Waals surface area contributed by atoms with Gasteiger partial charge in [0.15, 0.2) is 11.6 Å². The Bertz CT molecular complexity index is 982. The summed E-state index contributed by atoms with van der Waals surface area (Å²) in [6.45, 7) is 4.57. The van der Waals surface area contributed by atoms with E-state index in [9.17, 15) is 4.79 Å². The lowest BCUT2D eigenvalue weighted by atomic mass is 10.2. The van der Waals surface area contributed by atoms with Crippen molar-refractivity contribution < 1.29 is 14.6 Å². The number of carbonyl (C=O) groups is 1. The lowest BCUT2D eigenvalue weighted by molar-refractivity contribution is 0.122. The molecule has 0 radical (unpaired) electrons. The Kier molecular flexibility index (Phi) is 5.59. The van der Waals surface area contributed by atoms with E-state index in [4.69, 9.17) is 14.8 Å². The average Bonchev–Trinajstić information content (AvgIpc) is 3.23. The van der Waals surface area contributed by atoms with E-state index < -0.39 is 0 Å². The van der Waals surface area contributed by atoms with Crippen LogP contribution < -0.4 is 15.5 Å². The Morgan fingerprint density at radius 1 is 1.24 bits per heavy atom. The number of ether oxygens (including phenoxy) is 1. The van der Waals surface area contributed by atoms with Crippen molar-refractivity contribution >= 4 is 23.1 Å². The normalized spacial score (nSPS) is 15.3. The number of rotatable bonds is 5. The Hall–Kier alpha value is -3.17. The van der Waals surface area contributed by atoms with Crippen molar-refractivity contribution in [1.29, 1.82) is 0 Å². The summed E-state index contributed by atoms with van der Waals surface area (Å²) >= 11 is 0. The maximum absolute atomic E-state index is 11.9. The van der Waals surface area contributed by atoms with E-state index in [-0.39, 0.29) is 18.7 Å². The molecule has 4 rings (SSSR count). The van der Waals surface area contributed by atoms with Crippen LogP contribution in [0.3, 0.4) is 0 Å². The summed E-state index contributed by atoms with van der Waals surface area (Å²) < 4.78 is 7.30. The topological polar surface area (TPSA) is 104 Å². The van der Waals surface area contributed by atoms with Crippen LogP contribution in [0.5, 0.6) is 0 Å². The number of hydrogen-bond acceptors (Lipinski definition) is 6. The average molecular weight is 396 g/mol. The lowest BCUT2D eigenvalue weighted by Crippen LogP contribution is -2.38. The van der Waals surface area contributed by atoms with Gasteiger partial charge in [0.2, 0.25) is 0 Å². The molecule has 1 saturated heterocycles. The van der Waals surface area contributed by atoms with Gasteiger partial charge in [0.25, 0.3) is 0 Å². The summed E-state index contributed by atoms with van der Waals surface area (Å²) in [4.78, 5) is 18.9. The summed E-state index contributed by atoms with van der Waals surface area (Å²) in [5.41, 5.74) is 2.46. The van der Waals surface area contributed by atoms with Crippen LogP contribution in [-0.2, 0) is 4.74 Å². The number of nitrogens with one attached hydrogen (secondary N) is 2. The Morgan fingerprint density at radius 2 is 2.00 bits per heavy atom. The van der Waals surface area contributed by atoms with Crippen LogP contribution in [0.2, 0.25) is 0 Å². The standard InChI is InChI=1S/C20H24N6O3/c1-14(13-27)21-20(28)22-16-6-4-15(5-7-16)18-23-19(25-9-11-29-12-10-25)17-3-2-8-26(17)24-18/h2-8,14,27H,9-13H2,1H3,(H2,21,22,28)/t14-/m0/s1. The highest BCUT2D eigenvalue weighted by atomic mass is 16.5. The molecule has 0 aliphatic carbocycles. The van der Waals surface area contributed by atoms with E-state index in [1.54, 1.807) is 19.1 Å². The number of fused-ring (bicyclic) bond motifs is 1. The Balaban J connectivity index is 1.57. The predicted molar refractivity (Wildman–Crippen MR) is 110 cm³/mol. The SMILES string of the molecule is C[C@@H](CO)NC(=O)Nc1ccc(-c2nc(N3CCOCC3)c3cccn3n2)cc1. The van der Waals surface area contributed by atoms with Crippen molar-refractivity contribution in [3.63, 3.8) is 0 Å². The second kappa shape index (κ2) is 8.46. The lowest BCUT2D eigenvalue weighted by Gasteiger charge is -2.28. The van der Waals surface area contributed by atoms with Crippen LogP contribution in [0, 0.1) is 0 Å². The maximum Gasteiger partial charge on any atom is 0.319 e. The van der Waals surface area contributed by atoms with Gasteiger partial charge >= 0.3 is 6.03 Å². The quantitative estimate of drug-likeness (QED) is 0.607. The van der Waals surface area contributed by atoms with Crippen LogP contribution >= 0.6 is 0 Å². The van der Waals surface area contributed by atoms with Gasteiger partial charge in [-0.1, -0.05) is 0 Å². The first-order valence-electron chi connectivity index (χ1n) is 9.61. The van der Waals surface area contributed by atoms with Crippen molar-refractivity contribution in [3.8, 4) is 11.4 Å². The van der Waals surface area contributed by atoms with E-state index in [0.29, 0.717) is 24.7 Å². The van der Waals surface area contributed by atoms with Gasteiger partial charge in [-0.3, -0.25) is 0 Å². The van der Waals surface area contributed by atoms with Crippen LogP contribution in [0.15, 0.2) is 42.6 Å². The highest BCUT2D eigenvalue weighted by Crippen LogP contribution is 2.25. The largest absolute Gasteiger partial charge is 0.394 e. The monoisotopic (exact) mass is 396 g/mol. The fraction of sp³-hybridized carbons (Fsp3) is 0.350. The molecule has 2 aromatic heterocycles. The molecule has 3 heterocycles. The molecule has 0 saturated carbocycles. The van der Waals surface area contributed by atoms with Crippen molar-refractivity contribution in [3.05, 3.63) is 42.6 Å². The second-order valence-corrected chi connectivity index (χ2v) is 6.96. The molecule has 0 bridgehead atoms. The number of amides is 2. The van der Waals surface area contributed by atoms with Crippen molar-refractivity contribution in [2.75, 3.05) is 43.1 Å². The van der Waals surface area contributed by atoms with Crippen LogP contribution in [0.25, 0.3) is 16.9 Å². The van der Waals surface area contributed by atoms with E-state index in [2.05, 4.69) is 20.6 Å². The fourth-order valence-corrected chi connectivity index (χ4v) is 3.19. The third kappa shape index (κ3) is 4.30. The van der Waals surface area contributed by atoms with Crippen LogP contribution in [0.4, 0.5) is 16.3 Å².